The average Bonchev–Trinajstić information content (AvgIpc) is 2.76. The first-order chi connectivity index (χ1) is 8.04. The monoisotopic (exact) mass is 308 g/mol. The number of halogens is 1. The molecular weight excluding hydrogens is 292 g/mol. The van der Waals surface area contributed by atoms with Gasteiger partial charge in [-0.15, -0.1) is 24.2 Å². The highest BCUT2D eigenvalue weighted by Gasteiger charge is 2.30. The van der Waals surface area contributed by atoms with Crippen LogP contribution in [-0.4, -0.2) is 38.1 Å². The first-order valence-corrected chi connectivity index (χ1v) is 8.10. The second-order valence-corrected chi connectivity index (χ2v) is 6.91. The van der Waals surface area contributed by atoms with Crippen molar-refractivity contribution >= 4 is 34.2 Å². The van der Waals surface area contributed by atoms with Gasteiger partial charge in [0.2, 0.25) is 10.0 Å². The standard InChI is InChI=1S/C11H16N2O2S2.ClH/c1-16-10-3-2-4-11(7-10)17(14,15)13-6-5-9(12)8-13;/h2-4,7,9H,5-6,8,12H2,1H3;1H/t9-;/m1./s1. The molecule has 1 saturated heterocycles. The van der Waals surface area contributed by atoms with Gasteiger partial charge in [0.15, 0.2) is 0 Å². The molecule has 0 aliphatic carbocycles. The van der Waals surface area contributed by atoms with Crippen LogP contribution < -0.4 is 5.73 Å². The largest absolute Gasteiger partial charge is 0.326 e. The second-order valence-electron chi connectivity index (χ2n) is 4.09. The Kier molecular flexibility index (Phi) is 5.48. The summed E-state index contributed by atoms with van der Waals surface area (Å²) in [5.74, 6) is 0. The Morgan fingerprint density at radius 1 is 1.44 bits per heavy atom. The number of rotatable bonds is 3. The molecule has 0 saturated carbocycles. The third-order valence-electron chi connectivity index (χ3n) is 2.87. The lowest BCUT2D eigenvalue weighted by atomic mass is 10.3. The molecule has 0 spiro atoms. The highest BCUT2D eigenvalue weighted by Crippen LogP contribution is 2.24. The predicted molar refractivity (Wildman–Crippen MR) is 76.8 cm³/mol. The van der Waals surface area contributed by atoms with E-state index >= 15 is 0 Å². The molecule has 1 fully saturated rings. The van der Waals surface area contributed by atoms with Crippen LogP contribution in [0.15, 0.2) is 34.1 Å². The summed E-state index contributed by atoms with van der Waals surface area (Å²) < 4.78 is 26.1. The quantitative estimate of drug-likeness (QED) is 0.861. The molecule has 0 bridgehead atoms. The zero-order valence-electron chi connectivity index (χ0n) is 10.1. The van der Waals surface area contributed by atoms with Crippen molar-refractivity contribution in [1.29, 1.82) is 0 Å². The third kappa shape index (κ3) is 3.19. The molecule has 1 aliphatic rings. The highest BCUT2D eigenvalue weighted by atomic mass is 35.5. The molecule has 1 atom stereocenters. The van der Waals surface area contributed by atoms with E-state index in [1.165, 1.54) is 16.1 Å². The fraction of sp³-hybridized carbons (Fsp3) is 0.455. The summed E-state index contributed by atoms with van der Waals surface area (Å²) in [6.45, 7) is 0.943. The van der Waals surface area contributed by atoms with Gasteiger partial charge >= 0.3 is 0 Å². The lowest BCUT2D eigenvalue weighted by Gasteiger charge is -2.16. The van der Waals surface area contributed by atoms with Crippen LogP contribution >= 0.6 is 24.2 Å². The van der Waals surface area contributed by atoms with E-state index in [0.29, 0.717) is 18.0 Å². The summed E-state index contributed by atoms with van der Waals surface area (Å²) in [5, 5.41) is 0. The van der Waals surface area contributed by atoms with Crippen LogP contribution in [0.3, 0.4) is 0 Å². The molecule has 2 rings (SSSR count). The molecule has 4 nitrogen and oxygen atoms in total. The summed E-state index contributed by atoms with van der Waals surface area (Å²) in [4.78, 5) is 1.31. The zero-order chi connectivity index (χ0) is 12.5. The van der Waals surface area contributed by atoms with Crippen molar-refractivity contribution in [2.24, 2.45) is 5.73 Å². The van der Waals surface area contributed by atoms with Gasteiger partial charge in [-0.3, -0.25) is 0 Å². The Balaban J connectivity index is 0.00000162. The Bertz CT molecular complexity index is 508. The van der Waals surface area contributed by atoms with Gasteiger partial charge in [0.25, 0.3) is 0 Å². The van der Waals surface area contributed by atoms with Crippen molar-refractivity contribution in [1.82, 2.24) is 4.31 Å². The first-order valence-electron chi connectivity index (χ1n) is 5.44. The van der Waals surface area contributed by atoms with Crippen LogP contribution in [-0.2, 0) is 10.0 Å². The number of thioether (sulfide) groups is 1. The smallest absolute Gasteiger partial charge is 0.243 e. The maximum Gasteiger partial charge on any atom is 0.243 e. The lowest BCUT2D eigenvalue weighted by molar-refractivity contribution is 0.472. The lowest BCUT2D eigenvalue weighted by Crippen LogP contribution is -2.31. The van der Waals surface area contributed by atoms with Crippen LogP contribution in [0.25, 0.3) is 0 Å². The van der Waals surface area contributed by atoms with Crippen molar-refractivity contribution < 1.29 is 8.42 Å². The Hall–Kier alpha value is -0.270. The van der Waals surface area contributed by atoms with Crippen LogP contribution in [0.5, 0.6) is 0 Å². The fourth-order valence-electron chi connectivity index (χ4n) is 1.88. The molecule has 2 N–H and O–H groups in total. The first kappa shape index (κ1) is 15.8. The van der Waals surface area contributed by atoms with Gasteiger partial charge in [-0.05, 0) is 30.9 Å². The topological polar surface area (TPSA) is 63.4 Å². The summed E-state index contributed by atoms with van der Waals surface area (Å²) in [6.07, 6.45) is 2.67. The minimum Gasteiger partial charge on any atom is -0.326 e. The third-order valence-corrected chi connectivity index (χ3v) is 5.45. The predicted octanol–water partition coefficient (Wildman–Crippen LogP) is 1.55. The van der Waals surface area contributed by atoms with Gasteiger partial charge in [-0.2, -0.15) is 4.31 Å². The molecule has 0 aromatic heterocycles. The van der Waals surface area contributed by atoms with Gasteiger partial charge < -0.3 is 5.73 Å². The number of hydrogen-bond acceptors (Lipinski definition) is 4. The van der Waals surface area contributed by atoms with E-state index in [1.54, 1.807) is 18.2 Å². The molecule has 0 radical (unpaired) electrons. The Morgan fingerprint density at radius 3 is 2.72 bits per heavy atom. The second kappa shape index (κ2) is 6.25. The van der Waals surface area contributed by atoms with E-state index in [2.05, 4.69) is 0 Å². The Labute approximate surface area is 118 Å². The van der Waals surface area contributed by atoms with E-state index in [9.17, 15) is 8.42 Å². The molecule has 1 aromatic rings. The molecule has 0 amide bonds. The van der Waals surface area contributed by atoms with E-state index in [-0.39, 0.29) is 18.4 Å². The molecule has 102 valence electrons. The van der Waals surface area contributed by atoms with E-state index in [1.807, 2.05) is 12.3 Å². The van der Waals surface area contributed by atoms with Crippen molar-refractivity contribution in [2.45, 2.75) is 22.3 Å². The maximum absolute atomic E-state index is 12.3. The van der Waals surface area contributed by atoms with Crippen molar-refractivity contribution in [3.05, 3.63) is 24.3 Å². The average molecular weight is 309 g/mol. The molecule has 18 heavy (non-hydrogen) atoms. The number of nitrogens with two attached hydrogens (primary N) is 1. The van der Waals surface area contributed by atoms with Gasteiger partial charge in [0.05, 0.1) is 4.90 Å². The number of benzene rings is 1. The minimum absolute atomic E-state index is 0. The van der Waals surface area contributed by atoms with Crippen LogP contribution in [0.4, 0.5) is 0 Å². The molecule has 1 heterocycles. The number of nitrogens with zero attached hydrogens (tertiary/aromatic N) is 1. The molecular formula is C11H17ClN2O2S2. The Morgan fingerprint density at radius 2 is 2.17 bits per heavy atom. The van der Waals surface area contributed by atoms with Gasteiger partial charge in [-0.25, -0.2) is 8.42 Å². The van der Waals surface area contributed by atoms with Gasteiger partial charge in [-0.1, -0.05) is 6.07 Å². The molecule has 7 heteroatoms. The number of sulfonamides is 1. The van der Waals surface area contributed by atoms with E-state index in [0.717, 1.165) is 11.3 Å². The van der Waals surface area contributed by atoms with Crippen LogP contribution in [0.1, 0.15) is 6.42 Å². The maximum atomic E-state index is 12.3. The van der Waals surface area contributed by atoms with Crippen LogP contribution in [0, 0.1) is 0 Å². The minimum atomic E-state index is -3.36. The van der Waals surface area contributed by atoms with E-state index in [4.69, 9.17) is 5.73 Å². The summed E-state index contributed by atoms with van der Waals surface area (Å²) in [7, 11) is -3.36. The van der Waals surface area contributed by atoms with Crippen molar-refractivity contribution in [2.75, 3.05) is 19.3 Å². The fourth-order valence-corrected chi connectivity index (χ4v) is 3.98. The van der Waals surface area contributed by atoms with Gasteiger partial charge in [0, 0.05) is 24.0 Å². The van der Waals surface area contributed by atoms with Crippen molar-refractivity contribution in [3.63, 3.8) is 0 Å². The number of hydrogen-bond donors (Lipinski definition) is 1. The van der Waals surface area contributed by atoms with Crippen molar-refractivity contribution in [3.8, 4) is 0 Å². The molecule has 1 aromatic carbocycles. The zero-order valence-corrected chi connectivity index (χ0v) is 12.5. The molecule has 0 unspecified atom stereocenters. The van der Waals surface area contributed by atoms with Gasteiger partial charge in [0.1, 0.15) is 0 Å². The normalized spacial score (nSPS) is 20.7. The summed E-state index contributed by atoms with van der Waals surface area (Å²) in [6, 6.07) is 6.99. The summed E-state index contributed by atoms with van der Waals surface area (Å²) in [5.41, 5.74) is 5.75. The van der Waals surface area contributed by atoms with E-state index < -0.39 is 10.0 Å². The highest BCUT2D eigenvalue weighted by molar-refractivity contribution is 7.98. The molecule has 1 aliphatic heterocycles. The summed E-state index contributed by atoms with van der Waals surface area (Å²) >= 11 is 1.53. The SMILES string of the molecule is CSc1cccc(S(=O)(=O)N2CC[C@@H](N)C2)c1.Cl. The van der Waals surface area contributed by atoms with Crippen LogP contribution in [0.2, 0.25) is 0 Å².